The van der Waals surface area contributed by atoms with Crippen LogP contribution in [0, 0.1) is 10.8 Å². The molecule has 3 saturated carbocycles. The number of hydrogen-bond donors (Lipinski definition) is 6. The number of nitrogens with two attached hydrogens (primary N) is 2. The van der Waals surface area contributed by atoms with Crippen molar-refractivity contribution in [3.05, 3.63) is 79.5 Å². The third kappa shape index (κ3) is 5.02. The predicted molar refractivity (Wildman–Crippen MR) is 165 cm³/mol. The van der Waals surface area contributed by atoms with Gasteiger partial charge in [0.25, 0.3) is 28.6 Å². The highest BCUT2D eigenvalue weighted by molar-refractivity contribution is 6.02. The van der Waals surface area contributed by atoms with Crippen molar-refractivity contribution in [1.29, 1.82) is 0 Å². The topological polar surface area (TPSA) is 241 Å². The number of aromatic nitrogens is 3. The fourth-order valence-corrected chi connectivity index (χ4v) is 6.73. The van der Waals surface area contributed by atoms with Crippen LogP contribution in [0.1, 0.15) is 82.3 Å². The van der Waals surface area contributed by atoms with E-state index in [9.17, 15) is 33.9 Å². The molecule has 3 aliphatic rings. The minimum absolute atomic E-state index is 0.00909. The number of rotatable bonds is 10. The predicted octanol–water partition coefficient (Wildman–Crippen LogP) is 1.22. The second kappa shape index (κ2) is 11.1. The minimum Gasteiger partial charge on any atom is -0.481 e. The molecule has 8 N–H and O–H groups in total. The molecule has 2 aromatic carbocycles. The molecule has 0 radical (unpaired) electrons. The number of hydrogen-bond acceptors (Lipinski definition) is 10. The molecule has 15 nitrogen and oxygen atoms in total. The Morgan fingerprint density at radius 1 is 1.02 bits per heavy atom. The van der Waals surface area contributed by atoms with Crippen molar-refractivity contribution in [2.75, 3.05) is 11.1 Å². The van der Waals surface area contributed by atoms with Gasteiger partial charge in [-0.2, -0.15) is 5.10 Å². The van der Waals surface area contributed by atoms with Crippen molar-refractivity contribution >= 4 is 46.4 Å². The summed E-state index contributed by atoms with van der Waals surface area (Å²) in [6.45, 7) is 1.93. The van der Waals surface area contributed by atoms with E-state index in [4.69, 9.17) is 11.5 Å². The van der Waals surface area contributed by atoms with E-state index in [-0.39, 0.29) is 52.0 Å². The van der Waals surface area contributed by atoms with E-state index < -0.39 is 40.0 Å². The highest BCUT2D eigenvalue weighted by Crippen LogP contribution is 2.58. The molecule has 1 atom stereocenters. The number of anilines is 3. The summed E-state index contributed by atoms with van der Waals surface area (Å²) < 4.78 is 1.16. The SMILES string of the molecule is CC(NC(=O)c1cc(C(=O)NCc2cccc(Nc3c(N)c(=O)c3=O)c2)nc2c(C(N)=O)cnn12)C12CCC(C(=O)O)(CC1)CC2. The first-order chi connectivity index (χ1) is 21.8. The van der Waals surface area contributed by atoms with E-state index in [1.807, 2.05) is 6.92 Å². The third-order valence-electron chi connectivity index (χ3n) is 9.82. The molecule has 15 heteroatoms. The molecule has 2 aromatic heterocycles. The number of nitrogens with zero attached hydrogens (tertiary/aromatic N) is 3. The number of carboxylic acid groups (broad SMARTS) is 1. The van der Waals surface area contributed by atoms with Gasteiger partial charge in [0.15, 0.2) is 5.65 Å². The van der Waals surface area contributed by atoms with Gasteiger partial charge in [0.2, 0.25) is 0 Å². The van der Waals surface area contributed by atoms with Crippen molar-refractivity contribution in [2.24, 2.45) is 16.6 Å². The molecule has 0 spiro atoms. The normalized spacial score (nSPS) is 21.2. The van der Waals surface area contributed by atoms with Crippen molar-refractivity contribution in [2.45, 2.75) is 58.0 Å². The lowest BCUT2D eigenvalue weighted by Gasteiger charge is -2.54. The van der Waals surface area contributed by atoms with Gasteiger partial charge >= 0.3 is 5.97 Å². The van der Waals surface area contributed by atoms with E-state index in [2.05, 4.69) is 26.0 Å². The van der Waals surface area contributed by atoms with Gasteiger partial charge in [0, 0.05) is 24.3 Å². The number of amides is 3. The molecule has 46 heavy (non-hydrogen) atoms. The highest BCUT2D eigenvalue weighted by Gasteiger charge is 2.54. The Labute approximate surface area is 261 Å². The summed E-state index contributed by atoms with van der Waals surface area (Å²) in [5.74, 6) is -2.79. The van der Waals surface area contributed by atoms with Crippen LogP contribution >= 0.6 is 0 Å². The van der Waals surface area contributed by atoms with E-state index in [1.165, 1.54) is 12.3 Å². The van der Waals surface area contributed by atoms with Crippen LogP contribution < -0.4 is 38.3 Å². The van der Waals surface area contributed by atoms with Crippen LogP contribution in [-0.2, 0) is 11.3 Å². The van der Waals surface area contributed by atoms with E-state index in [0.717, 1.165) is 4.52 Å². The molecular formula is C31H32N8O7. The Bertz CT molecular complexity index is 1980. The summed E-state index contributed by atoms with van der Waals surface area (Å²) in [6, 6.07) is 7.71. The Morgan fingerprint density at radius 3 is 2.35 bits per heavy atom. The molecule has 4 aromatic rings. The number of carboxylic acids is 1. The number of aliphatic carboxylic acids is 1. The second-order valence-electron chi connectivity index (χ2n) is 12.3. The van der Waals surface area contributed by atoms with Crippen LogP contribution in [0.5, 0.6) is 0 Å². The zero-order chi connectivity index (χ0) is 33.0. The molecule has 3 aliphatic carbocycles. The first-order valence-electron chi connectivity index (χ1n) is 14.8. The number of carbonyl (C=O) groups is 4. The minimum atomic E-state index is -0.836. The monoisotopic (exact) mass is 628 g/mol. The van der Waals surface area contributed by atoms with Gasteiger partial charge < -0.3 is 32.5 Å². The first-order valence-corrected chi connectivity index (χ1v) is 14.8. The summed E-state index contributed by atoms with van der Waals surface area (Å²) in [4.78, 5) is 78.5. The molecule has 0 saturated heterocycles. The quantitative estimate of drug-likeness (QED) is 0.136. The molecule has 0 aliphatic heterocycles. The van der Waals surface area contributed by atoms with Crippen LogP contribution in [-0.4, -0.2) is 49.4 Å². The Hall–Kier alpha value is -5.60. The van der Waals surface area contributed by atoms with Gasteiger partial charge in [-0.25, -0.2) is 9.50 Å². The number of benzene rings is 1. The van der Waals surface area contributed by atoms with E-state index in [1.54, 1.807) is 24.3 Å². The Morgan fingerprint density at radius 2 is 1.72 bits per heavy atom. The zero-order valence-corrected chi connectivity index (χ0v) is 24.9. The Kier molecular flexibility index (Phi) is 7.33. The van der Waals surface area contributed by atoms with Crippen LogP contribution in [0.15, 0.2) is 46.1 Å². The summed E-state index contributed by atoms with van der Waals surface area (Å²) in [5, 5.41) is 22.5. The largest absolute Gasteiger partial charge is 0.481 e. The fraction of sp³-hybridized carbons (Fsp3) is 0.355. The molecule has 2 heterocycles. The maximum absolute atomic E-state index is 13.7. The van der Waals surface area contributed by atoms with Gasteiger partial charge in [-0.3, -0.25) is 28.8 Å². The van der Waals surface area contributed by atoms with Gasteiger partial charge in [0.1, 0.15) is 28.3 Å². The van der Waals surface area contributed by atoms with Crippen molar-refractivity contribution in [1.82, 2.24) is 25.2 Å². The third-order valence-corrected chi connectivity index (χ3v) is 9.82. The number of carbonyl (C=O) groups excluding carboxylic acids is 3. The standard InChI is InChI=1S/C31H32N8O7/c1-15(30-5-8-31(9-6-30,10-7-30)29(45)46)36-28(44)20-12-19(38-26-18(25(33)42)14-35-39(20)26)27(43)34-13-16-3-2-4-17(11-16)37-22-21(32)23(40)24(22)41/h2-4,11-12,14-15,37H,5-10,13,32H2,1H3,(H2,33,42)(H,34,43)(H,36,44)(H,45,46). The average Bonchev–Trinajstić information content (AvgIpc) is 3.50. The van der Waals surface area contributed by atoms with Crippen molar-refractivity contribution in [3.63, 3.8) is 0 Å². The average molecular weight is 629 g/mol. The number of primary amides is 1. The van der Waals surface area contributed by atoms with Crippen molar-refractivity contribution in [3.8, 4) is 0 Å². The summed E-state index contributed by atoms with van der Waals surface area (Å²) >= 11 is 0. The van der Waals surface area contributed by atoms with Gasteiger partial charge in [-0.15, -0.1) is 0 Å². The summed E-state index contributed by atoms with van der Waals surface area (Å²) in [5.41, 5.74) is 9.37. The second-order valence-corrected chi connectivity index (χ2v) is 12.3. The lowest BCUT2D eigenvalue weighted by molar-refractivity contribution is -0.159. The highest BCUT2D eigenvalue weighted by atomic mass is 16.4. The maximum Gasteiger partial charge on any atom is 0.309 e. The molecular weight excluding hydrogens is 596 g/mol. The smallest absolute Gasteiger partial charge is 0.309 e. The lowest BCUT2D eigenvalue weighted by atomic mass is 9.52. The van der Waals surface area contributed by atoms with Crippen LogP contribution in [0.4, 0.5) is 17.1 Å². The number of nitrogens with one attached hydrogen (secondary N) is 3. The van der Waals surface area contributed by atoms with Crippen LogP contribution in [0.3, 0.4) is 0 Å². The molecule has 3 fully saturated rings. The van der Waals surface area contributed by atoms with Crippen LogP contribution in [0.25, 0.3) is 5.65 Å². The number of nitrogen functional groups attached to an aromatic ring is 1. The summed E-state index contributed by atoms with van der Waals surface area (Å²) in [6.07, 6.45) is 4.85. The molecule has 1 unspecified atom stereocenters. The number of fused-ring (bicyclic) bond motifs is 4. The van der Waals surface area contributed by atoms with E-state index in [0.29, 0.717) is 49.8 Å². The zero-order valence-electron chi connectivity index (χ0n) is 24.9. The first kappa shape index (κ1) is 30.4. The fourth-order valence-electron chi connectivity index (χ4n) is 6.73. The maximum atomic E-state index is 13.7. The van der Waals surface area contributed by atoms with E-state index >= 15 is 0 Å². The molecule has 3 amide bonds. The molecule has 2 bridgehead atoms. The Balaban J connectivity index is 1.21. The lowest BCUT2D eigenvalue weighted by Crippen LogP contribution is -2.54. The molecule has 238 valence electrons. The van der Waals surface area contributed by atoms with Gasteiger partial charge in [-0.1, -0.05) is 12.1 Å². The molecule has 7 rings (SSSR count). The summed E-state index contributed by atoms with van der Waals surface area (Å²) in [7, 11) is 0. The van der Waals surface area contributed by atoms with Gasteiger partial charge in [0.05, 0.1) is 11.6 Å². The van der Waals surface area contributed by atoms with Gasteiger partial charge in [-0.05, 0) is 68.6 Å². The van der Waals surface area contributed by atoms with Crippen LogP contribution in [0.2, 0.25) is 0 Å². The van der Waals surface area contributed by atoms with Crippen molar-refractivity contribution < 1.29 is 24.3 Å².